The van der Waals surface area contributed by atoms with Crippen molar-refractivity contribution >= 4 is 23.3 Å². The van der Waals surface area contributed by atoms with Gasteiger partial charge in [0.25, 0.3) is 5.91 Å². The lowest BCUT2D eigenvalue weighted by atomic mass is 9.92. The number of amides is 1. The molecule has 1 saturated heterocycles. The van der Waals surface area contributed by atoms with Gasteiger partial charge in [-0.3, -0.25) is 14.5 Å². The third kappa shape index (κ3) is 4.28. The predicted molar refractivity (Wildman–Crippen MR) is 116 cm³/mol. The lowest BCUT2D eigenvalue weighted by Gasteiger charge is -2.33. The number of Topliss-reactive ketones (excluding diaryl/α,β-unsaturated/α-hetero) is 1. The van der Waals surface area contributed by atoms with Crippen LogP contribution < -0.4 is 0 Å². The molecule has 6 heteroatoms. The van der Waals surface area contributed by atoms with Crippen LogP contribution in [-0.2, 0) is 0 Å². The first-order valence-electron chi connectivity index (χ1n) is 10.3. The van der Waals surface area contributed by atoms with Gasteiger partial charge >= 0.3 is 0 Å². The monoisotopic (exact) mass is 428 g/mol. The molecule has 4 nitrogen and oxygen atoms in total. The van der Waals surface area contributed by atoms with Gasteiger partial charge < -0.3 is 4.90 Å². The predicted octanol–water partition coefficient (Wildman–Crippen LogP) is 4.60. The molecule has 158 valence electrons. The number of likely N-dealkylation sites (tertiary alicyclic amines) is 1. The standard InChI is InChI=1S/C24H26ClFN2O2/c1-16-3-5-17(6-4-16)21(29)15-28-9-7-24(8-10-28)14-22(24)27(2)23(30)18-11-19(25)13-20(26)12-18/h3-6,11-13,22H,7-10,14-15H2,1-2H3. The number of piperidine rings is 1. The summed E-state index contributed by atoms with van der Waals surface area (Å²) >= 11 is 5.90. The second-order valence-corrected chi connectivity index (χ2v) is 9.16. The molecule has 1 amide bonds. The number of ketones is 1. The van der Waals surface area contributed by atoms with Crippen molar-refractivity contribution in [2.24, 2.45) is 5.41 Å². The van der Waals surface area contributed by atoms with Gasteiger partial charge in [0.1, 0.15) is 5.82 Å². The number of hydrogen-bond acceptors (Lipinski definition) is 3. The van der Waals surface area contributed by atoms with Gasteiger partial charge in [0.2, 0.25) is 0 Å². The van der Waals surface area contributed by atoms with Crippen LogP contribution in [0.1, 0.15) is 45.5 Å². The summed E-state index contributed by atoms with van der Waals surface area (Å²) in [6, 6.07) is 11.8. The molecule has 2 aliphatic rings. The van der Waals surface area contributed by atoms with Crippen molar-refractivity contribution in [2.75, 3.05) is 26.7 Å². The van der Waals surface area contributed by atoms with E-state index in [0.29, 0.717) is 6.54 Å². The van der Waals surface area contributed by atoms with Gasteiger partial charge in [-0.05, 0) is 62.9 Å². The van der Waals surface area contributed by atoms with E-state index in [0.717, 1.165) is 43.5 Å². The number of nitrogens with zero attached hydrogens (tertiary/aromatic N) is 2. The molecule has 0 bridgehead atoms. The molecule has 1 spiro atoms. The maximum absolute atomic E-state index is 13.6. The van der Waals surface area contributed by atoms with Crippen LogP contribution >= 0.6 is 11.6 Å². The quantitative estimate of drug-likeness (QED) is 0.653. The first-order valence-corrected chi connectivity index (χ1v) is 10.7. The van der Waals surface area contributed by atoms with Crippen LogP contribution in [0.3, 0.4) is 0 Å². The molecule has 30 heavy (non-hydrogen) atoms. The maximum atomic E-state index is 13.6. The SMILES string of the molecule is Cc1ccc(C(=O)CN2CCC3(CC2)CC3N(C)C(=O)c2cc(F)cc(Cl)c2)cc1. The lowest BCUT2D eigenvalue weighted by molar-refractivity contribution is 0.0728. The van der Waals surface area contributed by atoms with Gasteiger partial charge in [-0.2, -0.15) is 0 Å². The Bertz CT molecular complexity index is 947. The number of carbonyl (C=O) groups excluding carboxylic acids is 2. The highest BCUT2D eigenvalue weighted by Gasteiger charge is 2.57. The molecule has 1 aliphatic carbocycles. The smallest absolute Gasteiger partial charge is 0.254 e. The van der Waals surface area contributed by atoms with Crippen LogP contribution in [-0.4, -0.2) is 54.2 Å². The van der Waals surface area contributed by atoms with E-state index in [2.05, 4.69) is 4.90 Å². The van der Waals surface area contributed by atoms with E-state index in [1.807, 2.05) is 31.2 Å². The number of benzene rings is 2. The summed E-state index contributed by atoms with van der Waals surface area (Å²) in [5.41, 5.74) is 2.30. The van der Waals surface area contributed by atoms with E-state index in [1.165, 1.54) is 18.2 Å². The molecular weight excluding hydrogens is 403 g/mol. The topological polar surface area (TPSA) is 40.6 Å². The summed E-state index contributed by atoms with van der Waals surface area (Å²) in [7, 11) is 1.79. The minimum atomic E-state index is -0.503. The Kier molecular flexibility index (Phi) is 5.69. The van der Waals surface area contributed by atoms with Gasteiger partial charge in [-0.1, -0.05) is 41.4 Å². The van der Waals surface area contributed by atoms with Crippen molar-refractivity contribution in [2.45, 2.75) is 32.2 Å². The normalized spacial score (nSPS) is 20.2. The molecule has 2 aromatic carbocycles. The average molecular weight is 429 g/mol. The number of aryl methyl sites for hydroxylation is 1. The third-order valence-electron chi connectivity index (χ3n) is 6.64. The number of carbonyl (C=O) groups is 2. The van der Waals surface area contributed by atoms with Gasteiger partial charge in [-0.15, -0.1) is 0 Å². The lowest BCUT2D eigenvalue weighted by Crippen LogP contribution is -2.41. The van der Waals surface area contributed by atoms with Crippen LogP contribution in [0.4, 0.5) is 4.39 Å². The average Bonchev–Trinajstić information content (AvgIpc) is 3.42. The molecule has 2 fully saturated rings. The zero-order valence-electron chi connectivity index (χ0n) is 17.3. The molecule has 1 saturated carbocycles. The van der Waals surface area contributed by atoms with E-state index in [1.54, 1.807) is 11.9 Å². The van der Waals surface area contributed by atoms with Gasteiger partial charge in [0, 0.05) is 29.2 Å². The Morgan fingerprint density at radius 2 is 1.80 bits per heavy atom. The molecule has 1 aliphatic heterocycles. The van der Waals surface area contributed by atoms with Crippen molar-refractivity contribution in [1.29, 1.82) is 0 Å². The molecule has 2 aromatic rings. The zero-order chi connectivity index (χ0) is 21.5. The van der Waals surface area contributed by atoms with E-state index in [-0.39, 0.29) is 33.7 Å². The largest absolute Gasteiger partial charge is 0.338 e. The van der Waals surface area contributed by atoms with E-state index >= 15 is 0 Å². The van der Waals surface area contributed by atoms with Crippen molar-refractivity contribution in [3.63, 3.8) is 0 Å². The Morgan fingerprint density at radius 3 is 2.43 bits per heavy atom. The first-order chi connectivity index (χ1) is 14.3. The molecule has 1 unspecified atom stereocenters. The molecule has 0 aromatic heterocycles. The van der Waals surface area contributed by atoms with Gasteiger partial charge in [-0.25, -0.2) is 4.39 Å². The minimum Gasteiger partial charge on any atom is -0.338 e. The molecule has 0 N–H and O–H groups in total. The summed E-state index contributed by atoms with van der Waals surface area (Å²) in [4.78, 5) is 29.3. The minimum absolute atomic E-state index is 0.116. The number of hydrogen-bond donors (Lipinski definition) is 0. The summed E-state index contributed by atoms with van der Waals surface area (Å²) in [5, 5.41) is 0.226. The Labute approximate surface area is 181 Å². The zero-order valence-corrected chi connectivity index (χ0v) is 18.1. The van der Waals surface area contributed by atoms with Crippen LogP contribution in [0, 0.1) is 18.2 Å². The highest BCUT2D eigenvalue weighted by molar-refractivity contribution is 6.31. The summed E-state index contributed by atoms with van der Waals surface area (Å²) < 4.78 is 13.6. The number of halogens is 2. The Balaban J connectivity index is 1.32. The van der Waals surface area contributed by atoms with Crippen molar-refractivity contribution in [3.8, 4) is 0 Å². The second-order valence-electron chi connectivity index (χ2n) is 8.72. The summed E-state index contributed by atoms with van der Waals surface area (Å²) in [6.45, 7) is 4.14. The fourth-order valence-corrected chi connectivity index (χ4v) is 4.85. The van der Waals surface area contributed by atoms with Crippen molar-refractivity contribution < 1.29 is 14.0 Å². The van der Waals surface area contributed by atoms with Crippen molar-refractivity contribution in [3.05, 3.63) is 70.0 Å². The van der Waals surface area contributed by atoms with Crippen LogP contribution in [0.15, 0.2) is 42.5 Å². The van der Waals surface area contributed by atoms with Crippen molar-refractivity contribution in [1.82, 2.24) is 9.80 Å². The Morgan fingerprint density at radius 1 is 1.13 bits per heavy atom. The van der Waals surface area contributed by atoms with Gasteiger partial charge in [0.05, 0.1) is 6.54 Å². The van der Waals surface area contributed by atoms with E-state index in [9.17, 15) is 14.0 Å². The molecular formula is C24H26ClFN2O2. The molecule has 1 heterocycles. The van der Waals surface area contributed by atoms with E-state index in [4.69, 9.17) is 11.6 Å². The van der Waals surface area contributed by atoms with Crippen LogP contribution in [0.2, 0.25) is 5.02 Å². The van der Waals surface area contributed by atoms with Crippen LogP contribution in [0.5, 0.6) is 0 Å². The summed E-state index contributed by atoms with van der Waals surface area (Å²) in [6.07, 6.45) is 2.87. The first kappa shape index (κ1) is 21.0. The third-order valence-corrected chi connectivity index (χ3v) is 6.85. The fraction of sp³-hybridized carbons (Fsp3) is 0.417. The second kappa shape index (κ2) is 8.12. The maximum Gasteiger partial charge on any atom is 0.254 e. The molecule has 1 atom stereocenters. The highest BCUT2D eigenvalue weighted by atomic mass is 35.5. The highest BCUT2D eigenvalue weighted by Crippen LogP contribution is 2.56. The summed E-state index contributed by atoms with van der Waals surface area (Å²) in [5.74, 6) is -0.555. The Hall–Kier alpha value is -2.24. The fourth-order valence-electron chi connectivity index (χ4n) is 4.62. The van der Waals surface area contributed by atoms with E-state index < -0.39 is 5.82 Å². The molecule has 4 rings (SSSR count). The van der Waals surface area contributed by atoms with Crippen LogP contribution in [0.25, 0.3) is 0 Å². The molecule has 0 radical (unpaired) electrons. The number of rotatable bonds is 5. The van der Waals surface area contributed by atoms with Gasteiger partial charge in [0.15, 0.2) is 5.78 Å².